The summed E-state index contributed by atoms with van der Waals surface area (Å²) in [5.74, 6) is 1.98. The van der Waals surface area contributed by atoms with E-state index in [0.29, 0.717) is 12.8 Å². The van der Waals surface area contributed by atoms with Gasteiger partial charge in [0.2, 0.25) is 5.91 Å². The van der Waals surface area contributed by atoms with Crippen molar-refractivity contribution in [2.24, 2.45) is 0 Å². The molecule has 1 aliphatic heterocycles. The molecule has 0 N–H and O–H groups in total. The van der Waals surface area contributed by atoms with Crippen molar-refractivity contribution < 1.29 is 9.53 Å². The maximum absolute atomic E-state index is 12.8. The van der Waals surface area contributed by atoms with Crippen LogP contribution in [0.2, 0.25) is 0 Å². The Labute approximate surface area is 183 Å². The van der Waals surface area contributed by atoms with E-state index in [-0.39, 0.29) is 5.91 Å². The van der Waals surface area contributed by atoms with Crippen LogP contribution in [0.1, 0.15) is 23.4 Å². The number of aryl methyl sites for hydroxylation is 1. The lowest BCUT2D eigenvalue weighted by Crippen LogP contribution is -2.49. The topological polar surface area (TPSA) is 63.5 Å². The molecule has 3 aromatic rings. The quantitative estimate of drug-likeness (QED) is 0.614. The molecule has 1 aliphatic rings. The molecule has 0 unspecified atom stereocenters. The van der Waals surface area contributed by atoms with Crippen LogP contribution in [0.3, 0.4) is 0 Å². The first-order valence-corrected chi connectivity index (χ1v) is 10.7. The molecule has 1 aromatic carbocycles. The molecule has 0 radical (unpaired) electrons. The lowest BCUT2D eigenvalue weighted by molar-refractivity contribution is -0.131. The number of anilines is 1. The van der Waals surface area contributed by atoms with E-state index in [1.54, 1.807) is 7.11 Å². The molecule has 7 nitrogen and oxygen atoms in total. The number of piperazine rings is 1. The van der Waals surface area contributed by atoms with Gasteiger partial charge in [-0.05, 0) is 50.1 Å². The summed E-state index contributed by atoms with van der Waals surface area (Å²) in [5, 5.41) is 4.71. The maximum Gasteiger partial charge on any atom is 0.223 e. The van der Waals surface area contributed by atoms with Gasteiger partial charge in [0.1, 0.15) is 11.6 Å². The van der Waals surface area contributed by atoms with Gasteiger partial charge in [-0.1, -0.05) is 12.1 Å². The number of aromatic nitrogens is 3. The zero-order valence-corrected chi connectivity index (χ0v) is 18.4. The molecule has 31 heavy (non-hydrogen) atoms. The number of hydrogen-bond acceptors (Lipinski definition) is 5. The van der Waals surface area contributed by atoms with E-state index >= 15 is 0 Å². The van der Waals surface area contributed by atoms with Gasteiger partial charge < -0.3 is 14.5 Å². The smallest absolute Gasteiger partial charge is 0.223 e. The van der Waals surface area contributed by atoms with Crippen molar-refractivity contribution in [2.75, 3.05) is 38.2 Å². The fourth-order valence-electron chi connectivity index (χ4n) is 4.15. The molecule has 1 amide bonds. The number of methoxy groups -OCH3 is 1. The van der Waals surface area contributed by atoms with Crippen molar-refractivity contribution in [3.8, 4) is 11.4 Å². The van der Waals surface area contributed by atoms with Crippen LogP contribution >= 0.6 is 0 Å². The highest BCUT2D eigenvalue weighted by Crippen LogP contribution is 2.22. The van der Waals surface area contributed by atoms with Gasteiger partial charge in [-0.2, -0.15) is 5.10 Å². The number of amides is 1. The standard InChI is InChI=1S/C24H29N5O2/c1-18-22(19(2)29(26-18)20-7-6-8-21(17-20)31-3)10-11-24(30)28-15-13-27(14-16-28)23-9-4-5-12-25-23/h4-9,12,17H,10-11,13-16H2,1-3H3. The van der Waals surface area contributed by atoms with E-state index in [2.05, 4.69) is 16.8 Å². The number of benzene rings is 1. The number of nitrogens with zero attached hydrogens (tertiary/aromatic N) is 5. The molecule has 0 saturated carbocycles. The van der Waals surface area contributed by atoms with E-state index in [0.717, 1.165) is 60.4 Å². The molecule has 2 aromatic heterocycles. The summed E-state index contributed by atoms with van der Waals surface area (Å²) < 4.78 is 7.27. The molecule has 0 aliphatic carbocycles. The minimum Gasteiger partial charge on any atom is -0.497 e. The predicted molar refractivity (Wildman–Crippen MR) is 121 cm³/mol. The Bertz CT molecular complexity index is 1040. The number of carbonyl (C=O) groups is 1. The van der Waals surface area contributed by atoms with E-state index in [4.69, 9.17) is 9.84 Å². The number of ether oxygens (including phenoxy) is 1. The zero-order chi connectivity index (χ0) is 21.8. The SMILES string of the molecule is COc1cccc(-n2nc(C)c(CCC(=O)N3CCN(c4ccccn4)CC3)c2C)c1. The van der Waals surface area contributed by atoms with Crippen LogP contribution in [0, 0.1) is 13.8 Å². The molecule has 1 saturated heterocycles. The Kier molecular flexibility index (Phi) is 6.21. The average molecular weight is 420 g/mol. The van der Waals surface area contributed by atoms with Gasteiger partial charge in [0.25, 0.3) is 0 Å². The third kappa shape index (κ3) is 4.55. The predicted octanol–water partition coefficient (Wildman–Crippen LogP) is 3.17. The maximum atomic E-state index is 12.8. The second-order valence-corrected chi connectivity index (χ2v) is 7.82. The zero-order valence-electron chi connectivity index (χ0n) is 18.4. The lowest BCUT2D eigenvalue weighted by atomic mass is 10.1. The van der Waals surface area contributed by atoms with Gasteiger partial charge >= 0.3 is 0 Å². The first-order valence-electron chi connectivity index (χ1n) is 10.7. The van der Waals surface area contributed by atoms with Gasteiger partial charge in [0, 0.05) is 50.6 Å². The second kappa shape index (κ2) is 9.20. The molecule has 1 fully saturated rings. The average Bonchev–Trinajstić information content (AvgIpc) is 3.11. The monoisotopic (exact) mass is 419 g/mol. The van der Waals surface area contributed by atoms with E-state index < -0.39 is 0 Å². The van der Waals surface area contributed by atoms with Crippen molar-refractivity contribution in [2.45, 2.75) is 26.7 Å². The summed E-state index contributed by atoms with van der Waals surface area (Å²) in [6.07, 6.45) is 3.00. The van der Waals surface area contributed by atoms with Crippen molar-refractivity contribution in [3.63, 3.8) is 0 Å². The third-order valence-corrected chi connectivity index (χ3v) is 5.93. The van der Waals surface area contributed by atoms with Crippen LogP contribution in [0.15, 0.2) is 48.7 Å². The van der Waals surface area contributed by atoms with Gasteiger partial charge in [-0.25, -0.2) is 9.67 Å². The van der Waals surface area contributed by atoms with Crippen LogP contribution in [-0.4, -0.2) is 58.9 Å². The van der Waals surface area contributed by atoms with Crippen molar-refractivity contribution in [1.82, 2.24) is 19.7 Å². The summed E-state index contributed by atoms with van der Waals surface area (Å²) in [5.41, 5.74) is 4.14. The molecular formula is C24H29N5O2. The molecule has 0 bridgehead atoms. The minimum absolute atomic E-state index is 0.202. The van der Waals surface area contributed by atoms with Crippen LogP contribution in [0.5, 0.6) is 5.75 Å². The summed E-state index contributed by atoms with van der Waals surface area (Å²) in [7, 11) is 1.66. The molecule has 0 spiro atoms. The van der Waals surface area contributed by atoms with Crippen molar-refractivity contribution in [1.29, 1.82) is 0 Å². The van der Waals surface area contributed by atoms with Gasteiger partial charge in [-0.3, -0.25) is 4.79 Å². The second-order valence-electron chi connectivity index (χ2n) is 7.82. The van der Waals surface area contributed by atoms with E-state index in [9.17, 15) is 4.79 Å². The highest BCUT2D eigenvalue weighted by Gasteiger charge is 2.22. The molecular weight excluding hydrogens is 390 g/mol. The summed E-state index contributed by atoms with van der Waals surface area (Å²) in [6.45, 7) is 7.16. The summed E-state index contributed by atoms with van der Waals surface area (Å²) in [6, 6.07) is 13.8. The van der Waals surface area contributed by atoms with Gasteiger partial charge in [-0.15, -0.1) is 0 Å². The fourth-order valence-corrected chi connectivity index (χ4v) is 4.15. The van der Waals surface area contributed by atoms with Gasteiger partial charge in [0.15, 0.2) is 0 Å². The number of carbonyl (C=O) groups excluding carboxylic acids is 1. The van der Waals surface area contributed by atoms with Gasteiger partial charge in [0.05, 0.1) is 18.5 Å². The molecule has 3 heterocycles. The minimum atomic E-state index is 0.202. The van der Waals surface area contributed by atoms with Crippen molar-refractivity contribution in [3.05, 3.63) is 65.6 Å². The third-order valence-electron chi connectivity index (χ3n) is 5.93. The van der Waals surface area contributed by atoms with E-state index in [1.165, 1.54) is 0 Å². The molecule has 0 atom stereocenters. The number of pyridine rings is 1. The van der Waals surface area contributed by atoms with Crippen LogP contribution in [0.25, 0.3) is 5.69 Å². The first kappa shape index (κ1) is 20.9. The molecule has 7 heteroatoms. The highest BCUT2D eigenvalue weighted by molar-refractivity contribution is 5.77. The largest absolute Gasteiger partial charge is 0.497 e. The summed E-state index contributed by atoms with van der Waals surface area (Å²) in [4.78, 5) is 21.5. The fraction of sp³-hybridized carbons (Fsp3) is 0.375. The Balaban J connectivity index is 1.37. The normalized spacial score (nSPS) is 14.0. The molecule has 4 rings (SSSR count). The molecule has 162 valence electrons. The highest BCUT2D eigenvalue weighted by atomic mass is 16.5. The Morgan fingerprint density at radius 1 is 1.06 bits per heavy atom. The number of rotatable bonds is 6. The Morgan fingerprint density at radius 2 is 1.87 bits per heavy atom. The Hall–Kier alpha value is -3.35. The van der Waals surface area contributed by atoms with Crippen LogP contribution < -0.4 is 9.64 Å². The lowest BCUT2D eigenvalue weighted by Gasteiger charge is -2.35. The van der Waals surface area contributed by atoms with E-state index in [1.807, 2.05) is 65.2 Å². The van der Waals surface area contributed by atoms with Crippen LogP contribution in [0.4, 0.5) is 5.82 Å². The van der Waals surface area contributed by atoms with Crippen LogP contribution in [-0.2, 0) is 11.2 Å². The van der Waals surface area contributed by atoms with Crippen molar-refractivity contribution >= 4 is 11.7 Å². The number of hydrogen-bond donors (Lipinski definition) is 0. The Morgan fingerprint density at radius 3 is 2.58 bits per heavy atom. The summed E-state index contributed by atoms with van der Waals surface area (Å²) >= 11 is 0. The first-order chi connectivity index (χ1) is 15.1.